The average Bonchev–Trinajstić information content (AvgIpc) is 2.63. The fourth-order valence-corrected chi connectivity index (χ4v) is 3.36. The van der Waals surface area contributed by atoms with Crippen molar-refractivity contribution in [3.63, 3.8) is 0 Å². The molecule has 1 aliphatic carbocycles. The zero-order valence-electron chi connectivity index (χ0n) is 13.8. The predicted molar refractivity (Wildman–Crippen MR) is 94.9 cm³/mol. The van der Waals surface area contributed by atoms with Gasteiger partial charge in [-0.05, 0) is 30.7 Å². The minimum Gasteiger partial charge on any atom is -0.395 e. The SMILES string of the molecule is CCC(CCc1ccccc1)C1=C(N)C(=O)c2ccccc2C1=O. The number of nitrogens with two attached hydrogens (primary N) is 1. The van der Waals surface area contributed by atoms with Crippen LogP contribution >= 0.6 is 0 Å². The Morgan fingerprint density at radius 3 is 2.08 bits per heavy atom. The van der Waals surface area contributed by atoms with Crippen LogP contribution in [0, 0.1) is 5.92 Å². The summed E-state index contributed by atoms with van der Waals surface area (Å²) in [7, 11) is 0. The van der Waals surface area contributed by atoms with Gasteiger partial charge >= 0.3 is 0 Å². The van der Waals surface area contributed by atoms with Crippen LogP contribution in [0.2, 0.25) is 0 Å². The van der Waals surface area contributed by atoms with Crippen LogP contribution in [0.4, 0.5) is 0 Å². The zero-order valence-corrected chi connectivity index (χ0v) is 13.8. The van der Waals surface area contributed by atoms with E-state index >= 15 is 0 Å². The second-order valence-corrected chi connectivity index (χ2v) is 6.16. The van der Waals surface area contributed by atoms with Gasteiger partial charge in [-0.2, -0.15) is 0 Å². The number of allylic oxidation sites excluding steroid dienone is 2. The molecule has 24 heavy (non-hydrogen) atoms. The normalized spacial score (nSPS) is 15.4. The van der Waals surface area contributed by atoms with Gasteiger partial charge in [-0.3, -0.25) is 9.59 Å². The lowest BCUT2D eigenvalue weighted by Crippen LogP contribution is -2.30. The Balaban J connectivity index is 1.89. The molecule has 0 aromatic heterocycles. The Hall–Kier alpha value is -2.68. The highest BCUT2D eigenvalue weighted by Crippen LogP contribution is 2.32. The smallest absolute Gasteiger partial charge is 0.209 e. The van der Waals surface area contributed by atoms with Gasteiger partial charge in [0.05, 0.1) is 5.70 Å². The zero-order chi connectivity index (χ0) is 17.1. The van der Waals surface area contributed by atoms with Crippen LogP contribution in [-0.4, -0.2) is 11.6 Å². The summed E-state index contributed by atoms with van der Waals surface area (Å²) in [4.78, 5) is 25.4. The molecule has 122 valence electrons. The van der Waals surface area contributed by atoms with E-state index in [-0.39, 0.29) is 23.2 Å². The maximum Gasteiger partial charge on any atom is 0.209 e. The van der Waals surface area contributed by atoms with Crippen LogP contribution < -0.4 is 5.73 Å². The largest absolute Gasteiger partial charge is 0.395 e. The van der Waals surface area contributed by atoms with E-state index < -0.39 is 0 Å². The Bertz CT molecular complexity index is 806. The Kier molecular flexibility index (Phi) is 4.61. The monoisotopic (exact) mass is 319 g/mol. The van der Waals surface area contributed by atoms with Gasteiger partial charge in [0.15, 0.2) is 5.78 Å². The molecule has 3 heteroatoms. The van der Waals surface area contributed by atoms with E-state index in [0.717, 1.165) is 19.3 Å². The molecule has 0 fully saturated rings. The van der Waals surface area contributed by atoms with Crippen LogP contribution in [0.1, 0.15) is 46.0 Å². The number of carbonyl (C=O) groups is 2. The van der Waals surface area contributed by atoms with Crippen molar-refractivity contribution in [1.82, 2.24) is 0 Å². The number of hydrogen-bond acceptors (Lipinski definition) is 3. The van der Waals surface area contributed by atoms with Crippen LogP contribution in [-0.2, 0) is 6.42 Å². The van der Waals surface area contributed by atoms with Gasteiger partial charge in [0.25, 0.3) is 0 Å². The Morgan fingerprint density at radius 1 is 0.875 bits per heavy atom. The third kappa shape index (κ3) is 2.90. The van der Waals surface area contributed by atoms with Crippen molar-refractivity contribution in [2.45, 2.75) is 26.2 Å². The molecular formula is C21H21NO2. The van der Waals surface area contributed by atoms with Crippen LogP contribution in [0.15, 0.2) is 65.9 Å². The third-order valence-electron chi connectivity index (χ3n) is 4.72. The molecule has 2 N–H and O–H groups in total. The molecular weight excluding hydrogens is 298 g/mol. The lowest BCUT2D eigenvalue weighted by molar-refractivity contribution is 0.0962. The van der Waals surface area contributed by atoms with Gasteiger partial charge in [-0.1, -0.05) is 61.5 Å². The summed E-state index contributed by atoms with van der Waals surface area (Å²) in [6.07, 6.45) is 2.45. The molecule has 0 spiro atoms. The summed E-state index contributed by atoms with van der Waals surface area (Å²) in [6, 6.07) is 17.1. The number of ketones is 2. The van der Waals surface area contributed by atoms with E-state index in [0.29, 0.717) is 16.7 Å². The van der Waals surface area contributed by atoms with Crippen molar-refractivity contribution in [3.8, 4) is 0 Å². The number of aryl methyl sites for hydroxylation is 1. The molecule has 0 bridgehead atoms. The summed E-state index contributed by atoms with van der Waals surface area (Å²) in [5, 5.41) is 0. The van der Waals surface area contributed by atoms with Gasteiger partial charge in [0.2, 0.25) is 5.78 Å². The number of rotatable bonds is 5. The first kappa shape index (κ1) is 16.2. The summed E-state index contributed by atoms with van der Waals surface area (Å²) in [5.74, 6) is -0.323. The second-order valence-electron chi connectivity index (χ2n) is 6.16. The highest BCUT2D eigenvalue weighted by atomic mass is 16.1. The molecule has 2 aromatic rings. The minimum atomic E-state index is -0.224. The fourth-order valence-electron chi connectivity index (χ4n) is 3.36. The second kappa shape index (κ2) is 6.83. The standard InChI is InChI=1S/C21H21NO2/c1-2-15(13-12-14-8-4-3-5-9-14)18-19(22)21(24)17-11-7-6-10-16(17)20(18)23/h3-11,15H,2,12-13,22H2,1H3. The first-order valence-electron chi connectivity index (χ1n) is 8.35. The predicted octanol–water partition coefficient (Wildman–Crippen LogP) is 3.94. The van der Waals surface area contributed by atoms with Gasteiger partial charge in [-0.25, -0.2) is 0 Å². The van der Waals surface area contributed by atoms with Crippen LogP contribution in [0.5, 0.6) is 0 Å². The number of Topliss-reactive ketones (excluding diaryl/α,β-unsaturated/α-hetero) is 2. The van der Waals surface area contributed by atoms with Gasteiger partial charge < -0.3 is 5.73 Å². The van der Waals surface area contributed by atoms with E-state index in [4.69, 9.17) is 5.73 Å². The van der Waals surface area contributed by atoms with E-state index in [1.807, 2.05) is 25.1 Å². The van der Waals surface area contributed by atoms with Gasteiger partial charge in [0, 0.05) is 16.7 Å². The molecule has 3 nitrogen and oxygen atoms in total. The van der Waals surface area contributed by atoms with Crippen molar-refractivity contribution in [3.05, 3.63) is 82.6 Å². The number of fused-ring (bicyclic) bond motifs is 1. The Labute approximate surface area is 142 Å². The molecule has 1 unspecified atom stereocenters. The van der Waals surface area contributed by atoms with Gasteiger partial charge in [0.1, 0.15) is 0 Å². The summed E-state index contributed by atoms with van der Waals surface area (Å²) in [5.41, 5.74) is 8.83. The van der Waals surface area contributed by atoms with Crippen molar-refractivity contribution in [2.24, 2.45) is 11.7 Å². The lowest BCUT2D eigenvalue weighted by Gasteiger charge is -2.24. The molecule has 0 radical (unpaired) electrons. The average molecular weight is 319 g/mol. The molecule has 0 saturated heterocycles. The maximum atomic E-state index is 12.9. The van der Waals surface area contributed by atoms with Crippen molar-refractivity contribution >= 4 is 11.6 Å². The number of carbonyl (C=O) groups excluding carboxylic acids is 2. The van der Waals surface area contributed by atoms with Gasteiger partial charge in [-0.15, -0.1) is 0 Å². The van der Waals surface area contributed by atoms with E-state index in [1.165, 1.54) is 5.56 Å². The molecule has 0 aliphatic heterocycles. The maximum absolute atomic E-state index is 12.9. The molecule has 0 heterocycles. The summed E-state index contributed by atoms with van der Waals surface area (Å²) >= 11 is 0. The van der Waals surface area contributed by atoms with Crippen molar-refractivity contribution in [1.29, 1.82) is 0 Å². The molecule has 3 rings (SSSR count). The first-order valence-corrected chi connectivity index (χ1v) is 8.35. The number of hydrogen-bond donors (Lipinski definition) is 1. The minimum absolute atomic E-state index is 0.00462. The molecule has 1 atom stereocenters. The summed E-state index contributed by atoms with van der Waals surface area (Å²) in [6.45, 7) is 2.04. The van der Waals surface area contributed by atoms with E-state index in [2.05, 4.69) is 12.1 Å². The lowest BCUT2D eigenvalue weighted by atomic mass is 9.78. The summed E-state index contributed by atoms with van der Waals surface area (Å²) < 4.78 is 0. The first-order chi connectivity index (χ1) is 11.6. The van der Waals surface area contributed by atoms with E-state index in [9.17, 15) is 9.59 Å². The third-order valence-corrected chi connectivity index (χ3v) is 4.72. The molecule has 1 aliphatic rings. The Morgan fingerprint density at radius 2 is 1.46 bits per heavy atom. The van der Waals surface area contributed by atoms with Crippen molar-refractivity contribution in [2.75, 3.05) is 0 Å². The highest BCUT2D eigenvalue weighted by Gasteiger charge is 2.33. The molecule has 2 aromatic carbocycles. The highest BCUT2D eigenvalue weighted by molar-refractivity contribution is 6.26. The van der Waals surface area contributed by atoms with E-state index in [1.54, 1.807) is 24.3 Å². The quantitative estimate of drug-likeness (QED) is 0.908. The topological polar surface area (TPSA) is 60.2 Å². The molecule has 0 amide bonds. The van der Waals surface area contributed by atoms with Crippen LogP contribution in [0.25, 0.3) is 0 Å². The fraction of sp³-hybridized carbons (Fsp3) is 0.238. The molecule has 0 saturated carbocycles. The van der Waals surface area contributed by atoms with Crippen molar-refractivity contribution < 1.29 is 9.59 Å². The number of benzene rings is 2. The van der Waals surface area contributed by atoms with Crippen LogP contribution in [0.3, 0.4) is 0 Å².